The van der Waals surface area contributed by atoms with Crippen LogP contribution in [0.25, 0.3) is 11.0 Å². The molecule has 0 unspecified atom stereocenters. The number of nitrogens with one attached hydrogen (secondary N) is 2. The number of H-pyrrole nitrogens is 1. The first-order valence-corrected chi connectivity index (χ1v) is 11.0. The number of amides is 1. The number of anilines is 2. The molecular weight excluding hydrogens is 411 g/mol. The van der Waals surface area contributed by atoms with E-state index in [1.165, 1.54) is 18.5 Å². The van der Waals surface area contributed by atoms with Crippen molar-refractivity contribution in [3.05, 3.63) is 41.6 Å². The lowest BCUT2D eigenvalue weighted by molar-refractivity contribution is -0.137. The molecule has 1 fully saturated rings. The first-order chi connectivity index (χ1) is 15.5. The largest absolute Gasteiger partial charge is 0.495 e. The molecule has 0 spiro atoms. The number of hydrogen-bond donors (Lipinski definition) is 2. The Labute approximate surface area is 185 Å². The van der Waals surface area contributed by atoms with Gasteiger partial charge in [0.05, 0.1) is 18.2 Å². The molecule has 1 aromatic carbocycles. The Bertz CT molecular complexity index is 1150. The molecule has 3 aromatic rings. The molecule has 0 radical (unpaired) electrons. The molecule has 8 nitrogen and oxygen atoms in total. The first-order valence-electron chi connectivity index (χ1n) is 11.0. The van der Waals surface area contributed by atoms with Gasteiger partial charge in [-0.05, 0) is 44.0 Å². The molecule has 1 atom stereocenters. The summed E-state index contributed by atoms with van der Waals surface area (Å²) in [5.41, 5.74) is 3.37. The van der Waals surface area contributed by atoms with Gasteiger partial charge in [0.2, 0.25) is 5.91 Å². The van der Waals surface area contributed by atoms with Crippen molar-refractivity contribution < 1.29 is 13.9 Å². The molecule has 2 N–H and O–H groups in total. The van der Waals surface area contributed by atoms with Crippen LogP contribution in [0.2, 0.25) is 0 Å². The molecule has 5 rings (SSSR count). The van der Waals surface area contributed by atoms with Gasteiger partial charge in [0.15, 0.2) is 0 Å². The molecule has 1 saturated heterocycles. The van der Waals surface area contributed by atoms with Gasteiger partial charge in [0.25, 0.3) is 0 Å². The van der Waals surface area contributed by atoms with Crippen LogP contribution in [0, 0.1) is 11.7 Å². The highest BCUT2D eigenvalue weighted by Gasteiger charge is 2.32. The highest BCUT2D eigenvalue weighted by Crippen LogP contribution is 2.37. The molecule has 9 heteroatoms. The Kier molecular flexibility index (Phi) is 5.42. The number of ether oxygens (including phenoxy) is 1. The van der Waals surface area contributed by atoms with Gasteiger partial charge in [-0.3, -0.25) is 4.79 Å². The van der Waals surface area contributed by atoms with Crippen LogP contribution in [0.15, 0.2) is 24.5 Å². The van der Waals surface area contributed by atoms with E-state index < -0.39 is 0 Å². The lowest BCUT2D eigenvalue weighted by Gasteiger charge is -2.35. The van der Waals surface area contributed by atoms with Crippen LogP contribution < -0.4 is 10.1 Å². The summed E-state index contributed by atoms with van der Waals surface area (Å²) in [6.07, 6.45) is 3.73. The van der Waals surface area contributed by atoms with Gasteiger partial charge in [0, 0.05) is 43.9 Å². The lowest BCUT2D eigenvalue weighted by atomic mass is 9.85. The number of likely N-dealkylation sites (N-methyl/N-ethyl adjacent to an activating group) is 1. The van der Waals surface area contributed by atoms with Gasteiger partial charge in [-0.1, -0.05) is 0 Å². The maximum Gasteiger partial charge on any atom is 0.226 e. The van der Waals surface area contributed by atoms with E-state index in [1.807, 2.05) is 4.90 Å². The topological polar surface area (TPSA) is 86.4 Å². The number of hydrogen-bond acceptors (Lipinski definition) is 6. The molecule has 168 valence electrons. The minimum Gasteiger partial charge on any atom is -0.495 e. The summed E-state index contributed by atoms with van der Waals surface area (Å²) in [5.74, 6) is 0.903. The van der Waals surface area contributed by atoms with Gasteiger partial charge >= 0.3 is 0 Å². The Morgan fingerprint density at radius 1 is 1.25 bits per heavy atom. The van der Waals surface area contributed by atoms with E-state index in [1.54, 1.807) is 13.2 Å². The lowest BCUT2D eigenvalue weighted by Crippen LogP contribution is -2.49. The summed E-state index contributed by atoms with van der Waals surface area (Å²) in [4.78, 5) is 29.7. The van der Waals surface area contributed by atoms with E-state index in [-0.39, 0.29) is 17.6 Å². The monoisotopic (exact) mass is 438 g/mol. The number of methoxy groups -OCH3 is 1. The van der Waals surface area contributed by atoms with Gasteiger partial charge < -0.3 is 24.8 Å². The number of nitrogens with zero attached hydrogens (tertiary/aromatic N) is 4. The second-order valence-corrected chi connectivity index (χ2v) is 8.57. The number of benzene rings is 1. The van der Waals surface area contributed by atoms with Gasteiger partial charge in [-0.15, -0.1) is 0 Å². The zero-order valence-corrected chi connectivity index (χ0v) is 18.3. The smallest absolute Gasteiger partial charge is 0.226 e. The number of rotatable bonds is 4. The molecule has 1 aliphatic heterocycles. The summed E-state index contributed by atoms with van der Waals surface area (Å²) in [5, 5.41) is 4.07. The van der Waals surface area contributed by atoms with Gasteiger partial charge in [-0.2, -0.15) is 0 Å². The Morgan fingerprint density at radius 3 is 2.84 bits per heavy atom. The number of aromatic nitrogens is 3. The van der Waals surface area contributed by atoms with Crippen molar-refractivity contribution >= 4 is 28.4 Å². The molecule has 3 heterocycles. The number of aromatic amines is 1. The van der Waals surface area contributed by atoms with Crippen molar-refractivity contribution in [3.8, 4) is 5.75 Å². The summed E-state index contributed by atoms with van der Waals surface area (Å²) in [6.45, 7) is 3.38. The van der Waals surface area contributed by atoms with Crippen molar-refractivity contribution in [1.29, 1.82) is 0 Å². The first kappa shape index (κ1) is 20.7. The average molecular weight is 439 g/mol. The molecule has 2 aliphatic rings. The standard InChI is InChI=1S/C23H27FN6O2/c1-29-7-9-30(10-8-29)23(31)14-3-5-17-16(11-14)20-21(27-17)25-13-26-22(20)28-18-12-15(24)4-6-19(18)32-2/h4,6,12-14H,3,5,7-11H2,1-2H3,(H2,25,26,27,28)/t14-/m1/s1. The number of carbonyl (C=O) groups is 1. The van der Waals surface area contributed by atoms with Crippen LogP contribution in [0.1, 0.15) is 17.7 Å². The third kappa shape index (κ3) is 3.77. The van der Waals surface area contributed by atoms with E-state index in [0.29, 0.717) is 23.7 Å². The van der Waals surface area contributed by atoms with Crippen LogP contribution in [-0.2, 0) is 17.6 Å². The third-order valence-corrected chi connectivity index (χ3v) is 6.55. The Hall–Kier alpha value is -3.20. The fraction of sp³-hybridized carbons (Fsp3) is 0.435. The van der Waals surface area contributed by atoms with Crippen LogP contribution in [-0.4, -0.2) is 71.0 Å². The van der Waals surface area contributed by atoms with E-state index in [9.17, 15) is 9.18 Å². The van der Waals surface area contributed by atoms with Crippen molar-refractivity contribution in [2.24, 2.45) is 5.92 Å². The maximum atomic E-state index is 13.9. The van der Waals surface area contributed by atoms with E-state index in [2.05, 4.69) is 32.2 Å². The van der Waals surface area contributed by atoms with E-state index in [4.69, 9.17) is 4.74 Å². The molecule has 1 amide bonds. The number of halogens is 1. The molecule has 0 bridgehead atoms. The Morgan fingerprint density at radius 2 is 2.06 bits per heavy atom. The second-order valence-electron chi connectivity index (χ2n) is 8.57. The number of piperazine rings is 1. The van der Waals surface area contributed by atoms with Crippen molar-refractivity contribution in [2.45, 2.75) is 19.3 Å². The van der Waals surface area contributed by atoms with Gasteiger partial charge in [0.1, 0.15) is 29.4 Å². The van der Waals surface area contributed by atoms with Crippen molar-refractivity contribution in [3.63, 3.8) is 0 Å². The zero-order valence-electron chi connectivity index (χ0n) is 18.3. The summed E-state index contributed by atoms with van der Waals surface area (Å²) < 4.78 is 19.2. The van der Waals surface area contributed by atoms with Crippen LogP contribution in [0.4, 0.5) is 15.9 Å². The quantitative estimate of drug-likeness (QED) is 0.652. The number of fused-ring (bicyclic) bond motifs is 3. The van der Waals surface area contributed by atoms with Gasteiger partial charge in [-0.25, -0.2) is 14.4 Å². The van der Waals surface area contributed by atoms with Crippen molar-refractivity contribution in [1.82, 2.24) is 24.8 Å². The molecule has 2 aromatic heterocycles. The molecule has 32 heavy (non-hydrogen) atoms. The third-order valence-electron chi connectivity index (χ3n) is 6.55. The zero-order chi connectivity index (χ0) is 22.2. The van der Waals surface area contributed by atoms with Crippen LogP contribution in [0.3, 0.4) is 0 Å². The fourth-order valence-corrected chi connectivity index (χ4v) is 4.74. The summed E-state index contributed by atoms with van der Waals surface area (Å²) >= 11 is 0. The van der Waals surface area contributed by atoms with E-state index in [0.717, 1.165) is 61.3 Å². The normalized spacial score (nSPS) is 19.1. The predicted molar refractivity (Wildman–Crippen MR) is 120 cm³/mol. The number of carbonyl (C=O) groups excluding carboxylic acids is 1. The fourth-order valence-electron chi connectivity index (χ4n) is 4.74. The highest BCUT2D eigenvalue weighted by atomic mass is 19.1. The SMILES string of the molecule is COc1ccc(F)cc1Nc1ncnc2[nH]c3c(c12)C[C@H](C(=O)N1CCN(C)CC1)CC3. The molecule has 1 aliphatic carbocycles. The molecular formula is C23H27FN6O2. The van der Waals surface area contributed by atoms with Crippen molar-refractivity contribution in [2.75, 3.05) is 45.7 Å². The van der Waals surface area contributed by atoms with E-state index >= 15 is 0 Å². The molecule has 0 saturated carbocycles. The average Bonchev–Trinajstić information content (AvgIpc) is 3.18. The second kappa shape index (κ2) is 8.38. The minimum atomic E-state index is -0.368. The maximum absolute atomic E-state index is 13.9. The van der Waals surface area contributed by atoms with Crippen LogP contribution >= 0.6 is 0 Å². The summed E-state index contributed by atoms with van der Waals surface area (Å²) in [6, 6.07) is 4.31. The highest BCUT2D eigenvalue weighted by molar-refractivity contribution is 5.94. The number of aryl methyl sites for hydroxylation is 1. The Balaban J connectivity index is 1.46. The van der Waals surface area contributed by atoms with Crippen LogP contribution in [0.5, 0.6) is 5.75 Å². The predicted octanol–water partition coefficient (Wildman–Crippen LogP) is 2.73. The summed E-state index contributed by atoms with van der Waals surface area (Å²) in [7, 11) is 3.63. The minimum absolute atomic E-state index is 0.0540.